The molecule has 1 heterocycles. The zero-order valence-electron chi connectivity index (χ0n) is 11.1. The molecular weight excluding hydrogens is 226 g/mol. The van der Waals surface area contributed by atoms with Crippen molar-refractivity contribution in [1.29, 1.82) is 0 Å². The van der Waals surface area contributed by atoms with Crippen LogP contribution in [0.5, 0.6) is 0 Å². The van der Waals surface area contributed by atoms with Gasteiger partial charge in [0.1, 0.15) is 0 Å². The standard InChI is InChI=1S/C13H19N5/c1-4-8-14-9-12-15-16-17-18(12)13-10(2)6-5-7-11(13)3/h5-7,14H,4,8-9H2,1-3H3. The van der Waals surface area contributed by atoms with Crippen LogP contribution in [0.15, 0.2) is 18.2 Å². The Bertz CT molecular complexity index is 498. The Kier molecular flexibility index (Phi) is 4.04. The minimum atomic E-state index is 0.689. The van der Waals surface area contributed by atoms with Crippen LogP contribution in [-0.4, -0.2) is 26.8 Å². The molecule has 1 N–H and O–H groups in total. The minimum absolute atomic E-state index is 0.689. The molecule has 96 valence electrons. The van der Waals surface area contributed by atoms with Crippen LogP contribution in [0, 0.1) is 13.8 Å². The first-order valence-corrected chi connectivity index (χ1v) is 6.28. The highest BCUT2D eigenvalue weighted by atomic mass is 15.5. The predicted octanol–water partition coefficient (Wildman–Crippen LogP) is 1.78. The van der Waals surface area contributed by atoms with Crippen LogP contribution >= 0.6 is 0 Å². The molecule has 2 rings (SSSR count). The van der Waals surface area contributed by atoms with Gasteiger partial charge in [-0.05, 0) is 48.4 Å². The molecule has 18 heavy (non-hydrogen) atoms. The van der Waals surface area contributed by atoms with E-state index in [-0.39, 0.29) is 0 Å². The second kappa shape index (κ2) is 5.73. The predicted molar refractivity (Wildman–Crippen MR) is 70.6 cm³/mol. The van der Waals surface area contributed by atoms with Crippen LogP contribution < -0.4 is 5.32 Å². The van der Waals surface area contributed by atoms with Gasteiger partial charge in [0.2, 0.25) is 0 Å². The summed E-state index contributed by atoms with van der Waals surface area (Å²) in [5, 5.41) is 15.3. The molecule has 0 bridgehead atoms. The number of nitrogens with zero attached hydrogens (tertiary/aromatic N) is 4. The summed E-state index contributed by atoms with van der Waals surface area (Å²) in [7, 11) is 0. The maximum absolute atomic E-state index is 4.10. The highest BCUT2D eigenvalue weighted by Crippen LogP contribution is 2.18. The molecule has 0 fully saturated rings. The van der Waals surface area contributed by atoms with E-state index in [4.69, 9.17) is 0 Å². The van der Waals surface area contributed by atoms with Crippen LogP contribution in [0.2, 0.25) is 0 Å². The smallest absolute Gasteiger partial charge is 0.170 e. The molecule has 5 nitrogen and oxygen atoms in total. The van der Waals surface area contributed by atoms with Crippen LogP contribution in [0.3, 0.4) is 0 Å². The Morgan fingerprint density at radius 1 is 1.22 bits per heavy atom. The van der Waals surface area contributed by atoms with E-state index in [9.17, 15) is 0 Å². The molecule has 0 saturated carbocycles. The molecule has 1 aromatic heterocycles. The molecule has 1 aromatic carbocycles. The van der Waals surface area contributed by atoms with Crippen molar-refractivity contribution in [3.8, 4) is 5.69 Å². The third-order valence-corrected chi connectivity index (χ3v) is 2.90. The Morgan fingerprint density at radius 3 is 2.61 bits per heavy atom. The van der Waals surface area contributed by atoms with Crippen molar-refractivity contribution in [2.24, 2.45) is 0 Å². The summed E-state index contributed by atoms with van der Waals surface area (Å²) in [6.45, 7) is 7.95. The van der Waals surface area contributed by atoms with Gasteiger partial charge in [-0.25, -0.2) is 0 Å². The van der Waals surface area contributed by atoms with Crippen molar-refractivity contribution in [3.63, 3.8) is 0 Å². The van der Waals surface area contributed by atoms with Gasteiger partial charge in [0.15, 0.2) is 5.82 Å². The van der Waals surface area contributed by atoms with Crippen molar-refractivity contribution in [1.82, 2.24) is 25.5 Å². The highest BCUT2D eigenvalue weighted by molar-refractivity contribution is 5.46. The summed E-state index contributed by atoms with van der Waals surface area (Å²) in [5.74, 6) is 0.848. The number of hydrogen-bond donors (Lipinski definition) is 1. The van der Waals surface area contributed by atoms with Crippen molar-refractivity contribution >= 4 is 0 Å². The first kappa shape index (κ1) is 12.7. The average Bonchev–Trinajstić information content (AvgIpc) is 2.78. The first-order valence-electron chi connectivity index (χ1n) is 6.28. The van der Waals surface area contributed by atoms with Gasteiger partial charge in [0, 0.05) is 0 Å². The molecule has 0 aliphatic heterocycles. The second-order valence-electron chi connectivity index (χ2n) is 4.42. The Labute approximate surface area is 107 Å². The van der Waals surface area contributed by atoms with E-state index in [0.29, 0.717) is 6.54 Å². The maximum atomic E-state index is 4.10. The minimum Gasteiger partial charge on any atom is -0.310 e. The topological polar surface area (TPSA) is 55.6 Å². The first-order chi connectivity index (χ1) is 8.74. The van der Waals surface area contributed by atoms with E-state index in [1.54, 1.807) is 0 Å². The molecule has 0 unspecified atom stereocenters. The van der Waals surface area contributed by atoms with Gasteiger partial charge < -0.3 is 5.32 Å². The summed E-state index contributed by atoms with van der Waals surface area (Å²) < 4.78 is 1.83. The molecular formula is C13H19N5. The quantitative estimate of drug-likeness (QED) is 0.816. The van der Waals surface area contributed by atoms with Crippen molar-refractivity contribution < 1.29 is 0 Å². The third kappa shape index (κ3) is 2.56. The Hall–Kier alpha value is -1.75. The molecule has 0 aliphatic carbocycles. The summed E-state index contributed by atoms with van der Waals surface area (Å²) in [6.07, 6.45) is 1.10. The van der Waals surface area contributed by atoms with Crippen LogP contribution in [0.25, 0.3) is 5.69 Å². The monoisotopic (exact) mass is 245 g/mol. The zero-order valence-corrected chi connectivity index (χ0v) is 11.1. The average molecular weight is 245 g/mol. The number of aryl methyl sites for hydroxylation is 2. The van der Waals surface area contributed by atoms with Crippen LogP contribution in [0.4, 0.5) is 0 Å². The lowest BCUT2D eigenvalue weighted by atomic mass is 10.1. The molecule has 2 aromatic rings. The molecule has 5 heteroatoms. The number of rotatable bonds is 5. The lowest BCUT2D eigenvalue weighted by molar-refractivity contribution is 0.631. The van der Waals surface area contributed by atoms with Gasteiger partial charge in [-0.15, -0.1) is 5.10 Å². The Balaban J connectivity index is 2.31. The molecule has 0 atom stereocenters. The fourth-order valence-electron chi connectivity index (χ4n) is 2.01. The number of aromatic nitrogens is 4. The molecule has 0 amide bonds. The molecule has 0 spiro atoms. The van der Waals surface area contributed by atoms with Gasteiger partial charge in [-0.1, -0.05) is 25.1 Å². The number of hydrogen-bond acceptors (Lipinski definition) is 4. The van der Waals surface area contributed by atoms with Gasteiger partial charge in [0.25, 0.3) is 0 Å². The van der Waals surface area contributed by atoms with Crippen molar-refractivity contribution in [3.05, 3.63) is 35.2 Å². The molecule has 0 radical (unpaired) electrons. The highest BCUT2D eigenvalue weighted by Gasteiger charge is 2.11. The number of benzene rings is 1. The fraction of sp³-hybridized carbons (Fsp3) is 0.462. The van der Waals surface area contributed by atoms with Crippen molar-refractivity contribution in [2.45, 2.75) is 33.7 Å². The SMILES string of the molecule is CCCNCc1nnnn1-c1c(C)cccc1C. The summed E-state index contributed by atoms with van der Waals surface area (Å²) in [5.41, 5.74) is 3.44. The maximum Gasteiger partial charge on any atom is 0.170 e. The van der Waals surface area contributed by atoms with E-state index in [1.807, 2.05) is 10.7 Å². The van der Waals surface area contributed by atoms with E-state index >= 15 is 0 Å². The van der Waals surface area contributed by atoms with E-state index in [1.165, 1.54) is 11.1 Å². The number of nitrogens with one attached hydrogen (secondary N) is 1. The largest absolute Gasteiger partial charge is 0.310 e. The van der Waals surface area contributed by atoms with E-state index < -0.39 is 0 Å². The summed E-state index contributed by atoms with van der Waals surface area (Å²) in [4.78, 5) is 0. The fourth-order valence-corrected chi connectivity index (χ4v) is 2.01. The summed E-state index contributed by atoms with van der Waals surface area (Å²) in [6, 6.07) is 6.20. The van der Waals surface area contributed by atoms with Crippen LogP contribution in [0.1, 0.15) is 30.3 Å². The van der Waals surface area contributed by atoms with Gasteiger partial charge in [-0.2, -0.15) is 4.68 Å². The van der Waals surface area contributed by atoms with Gasteiger partial charge in [0.05, 0.1) is 12.2 Å². The summed E-state index contributed by atoms with van der Waals surface area (Å²) >= 11 is 0. The van der Waals surface area contributed by atoms with Gasteiger partial charge in [-0.3, -0.25) is 0 Å². The Morgan fingerprint density at radius 2 is 1.94 bits per heavy atom. The lowest BCUT2D eigenvalue weighted by Gasteiger charge is -2.11. The normalized spacial score (nSPS) is 10.8. The second-order valence-corrected chi connectivity index (χ2v) is 4.42. The lowest BCUT2D eigenvalue weighted by Crippen LogP contribution is -2.18. The molecule has 0 aliphatic rings. The van der Waals surface area contributed by atoms with Gasteiger partial charge >= 0.3 is 0 Å². The number of para-hydroxylation sites is 1. The van der Waals surface area contributed by atoms with Crippen molar-refractivity contribution in [2.75, 3.05) is 6.54 Å². The third-order valence-electron chi connectivity index (χ3n) is 2.90. The number of tetrazole rings is 1. The van der Waals surface area contributed by atoms with E-state index in [2.05, 4.69) is 53.7 Å². The van der Waals surface area contributed by atoms with Crippen LogP contribution in [-0.2, 0) is 6.54 Å². The zero-order chi connectivity index (χ0) is 13.0. The molecule has 0 saturated heterocycles. The van der Waals surface area contributed by atoms with E-state index in [0.717, 1.165) is 24.5 Å².